The van der Waals surface area contributed by atoms with Crippen molar-refractivity contribution < 1.29 is 14.4 Å². The molecule has 5 nitrogen and oxygen atoms in total. The van der Waals surface area contributed by atoms with E-state index in [0.717, 1.165) is 51.6 Å². The minimum Gasteiger partial charge on any atom is -0.343 e. The number of fused-ring (bicyclic) bond motifs is 1. The largest absolute Gasteiger partial charge is 0.343 e. The lowest BCUT2D eigenvalue weighted by molar-refractivity contribution is -0.130. The van der Waals surface area contributed by atoms with Gasteiger partial charge < -0.3 is 4.90 Å². The quantitative estimate of drug-likeness (QED) is 0.445. The van der Waals surface area contributed by atoms with Gasteiger partial charge in [-0.25, -0.2) is 0 Å². The summed E-state index contributed by atoms with van der Waals surface area (Å²) in [5.74, 6) is -0.0818. The van der Waals surface area contributed by atoms with Gasteiger partial charge in [-0.3, -0.25) is 19.3 Å². The highest BCUT2D eigenvalue weighted by molar-refractivity contribution is 6.21. The van der Waals surface area contributed by atoms with Crippen LogP contribution in [0.1, 0.15) is 79.5 Å². The van der Waals surface area contributed by atoms with E-state index < -0.39 is 0 Å². The van der Waals surface area contributed by atoms with Gasteiger partial charge in [0.2, 0.25) is 5.91 Å². The van der Waals surface area contributed by atoms with Crippen LogP contribution in [0.4, 0.5) is 0 Å². The molecule has 0 atom stereocenters. The Morgan fingerprint density at radius 3 is 1.88 bits per heavy atom. The zero-order valence-electron chi connectivity index (χ0n) is 16.0. The minimum absolute atomic E-state index is 0.166. The van der Waals surface area contributed by atoms with Gasteiger partial charge in [0.15, 0.2) is 0 Å². The lowest BCUT2D eigenvalue weighted by atomic mass is 10.1. The first kappa shape index (κ1) is 20.1. The molecule has 0 saturated carbocycles. The number of hydrogen-bond acceptors (Lipinski definition) is 3. The molecule has 2 rings (SSSR count). The van der Waals surface area contributed by atoms with Crippen molar-refractivity contribution in [3.05, 3.63) is 35.4 Å². The number of imide groups is 1. The Labute approximate surface area is 156 Å². The minimum atomic E-state index is -0.166. The van der Waals surface area contributed by atoms with Crippen molar-refractivity contribution in [3.63, 3.8) is 0 Å². The van der Waals surface area contributed by atoms with E-state index in [9.17, 15) is 14.4 Å². The summed E-state index contributed by atoms with van der Waals surface area (Å²) in [7, 11) is 0. The fourth-order valence-electron chi connectivity index (χ4n) is 3.43. The zero-order valence-corrected chi connectivity index (χ0v) is 16.0. The number of rotatable bonds is 11. The van der Waals surface area contributed by atoms with E-state index in [0.29, 0.717) is 24.1 Å². The summed E-state index contributed by atoms with van der Waals surface area (Å²) in [4.78, 5) is 39.6. The lowest BCUT2D eigenvalue weighted by Gasteiger charge is -2.18. The monoisotopic (exact) mass is 358 g/mol. The number of benzene rings is 1. The highest BCUT2D eigenvalue weighted by atomic mass is 16.2. The molecule has 0 aliphatic carbocycles. The number of carbonyl (C=O) groups excluding carboxylic acids is 3. The van der Waals surface area contributed by atoms with Crippen LogP contribution < -0.4 is 0 Å². The third kappa shape index (κ3) is 4.93. The molecule has 0 aromatic heterocycles. The van der Waals surface area contributed by atoms with Crippen LogP contribution in [0.15, 0.2) is 24.3 Å². The van der Waals surface area contributed by atoms with E-state index in [-0.39, 0.29) is 17.7 Å². The molecule has 1 heterocycles. The molecule has 3 amide bonds. The molecule has 26 heavy (non-hydrogen) atoms. The molecule has 1 aromatic rings. The number of carbonyl (C=O) groups is 3. The molecule has 5 heteroatoms. The molecule has 0 bridgehead atoms. The van der Waals surface area contributed by atoms with E-state index in [1.54, 1.807) is 24.3 Å². The second kappa shape index (κ2) is 10.1. The lowest BCUT2D eigenvalue weighted by Crippen LogP contribution is -2.30. The van der Waals surface area contributed by atoms with Crippen molar-refractivity contribution in [2.45, 2.75) is 58.8 Å². The highest BCUT2D eigenvalue weighted by Crippen LogP contribution is 2.22. The van der Waals surface area contributed by atoms with Crippen molar-refractivity contribution in [1.82, 2.24) is 9.80 Å². The fraction of sp³-hybridized carbons (Fsp3) is 0.571. The maximum atomic E-state index is 12.2. The first-order chi connectivity index (χ1) is 12.6. The number of unbranched alkanes of at least 4 members (excludes halogenated alkanes) is 5. The Morgan fingerprint density at radius 1 is 0.846 bits per heavy atom. The molecule has 0 spiro atoms. The molecular formula is C21H30N2O3. The van der Waals surface area contributed by atoms with Crippen molar-refractivity contribution in [2.24, 2.45) is 0 Å². The second-order valence-electron chi connectivity index (χ2n) is 6.74. The number of nitrogens with zero attached hydrogens (tertiary/aromatic N) is 2. The smallest absolute Gasteiger partial charge is 0.261 e. The van der Waals surface area contributed by atoms with Crippen molar-refractivity contribution in [1.29, 1.82) is 0 Å². The SMILES string of the molecule is CCN(CC)C(=O)CCCCCCCCN1C(=O)c2ccccc2C1=O. The Morgan fingerprint density at radius 2 is 1.35 bits per heavy atom. The molecule has 142 valence electrons. The number of hydrogen-bond donors (Lipinski definition) is 0. The van der Waals surface area contributed by atoms with Crippen LogP contribution in [-0.4, -0.2) is 47.2 Å². The van der Waals surface area contributed by atoms with Crippen LogP contribution in [0.5, 0.6) is 0 Å². The Hall–Kier alpha value is -2.17. The molecule has 0 N–H and O–H groups in total. The number of amides is 3. The van der Waals surface area contributed by atoms with Crippen LogP contribution >= 0.6 is 0 Å². The maximum Gasteiger partial charge on any atom is 0.261 e. The van der Waals surface area contributed by atoms with Crippen LogP contribution in [-0.2, 0) is 4.79 Å². The van der Waals surface area contributed by atoms with Gasteiger partial charge in [0.25, 0.3) is 11.8 Å². The predicted octanol–water partition coefficient (Wildman–Crippen LogP) is 3.88. The average Bonchev–Trinajstić information content (AvgIpc) is 2.90. The van der Waals surface area contributed by atoms with Gasteiger partial charge in [-0.2, -0.15) is 0 Å². The van der Waals surface area contributed by atoms with Gasteiger partial charge >= 0.3 is 0 Å². The van der Waals surface area contributed by atoms with Crippen molar-refractivity contribution >= 4 is 17.7 Å². The van der Waals surface area contributed by atoms with Gasteiger partial charge in [-0.15, -0.1) is 0 Å². The van der Waals surface area contributed by atoms with E-state index in [1.807, 2.05) is 18.7 Å². The van der Waals surface area contributed by atoms with Crippen molar-refractivity contribution in [3.8, 4) is 0 Å². The summed E-state index contributed by atoms with van der Waals surface area (Å²) < 4.78 is 0. The molecule has 0 saturated heterocycles. The summed E-state index contributed by atoms with van der Waals surface area (Å²) in [5.41, 5.74) is 1.05. The third-order valence-electron chi connectivity index (χ3n) is 5.02. The van der Waals surface area contributed by atoms with E-state index in [2.05, 4.69) is 0 Å². The fourth-order valence-corrected chi connectivity index (χ4v) is 3.43. The van der Waals surface area contributed by atoms with Gasteiger partial charge in [-0.05, 0) is 38.8 Å². The summed E-state index contributed by atoms with van der Waals surface area (Å²) >= 11 is 0. The average molecular weight is 358 g/mol. The second-order valence-corrected chi connectivity index (χ2v) is 6.74. The van der Waals surface area contributed by atoms with E-state index in [1.165, 1.54) is 4.90 Å². The summed E-state index contributed by atoms with van der Waals surface area (Å²) in [5, 5.41) is 0. The zero-order chi connectivity index (χ0) is 18.9. The highest BCUT2D eigenvalue weighted by Gasteiger charge is 2.34. The van der Waals surface area contributed by atoms with Crippen LogP contribution in [0, 0.1) is 0 Å². The molecular weight excluding hydrogens is 328 g/mol. The molecule has 0 radical (unpaired) electrons. The van der Waals surface area contributed by atoms with Crippen molar-refractivity contribution in [2.75, 3.05) is 19.6 Å². The standard InChI is InChI=1S/C21H30N2O3/c1-3-22(4-2)19(24)15-9-7-5-6-8-12-16-23-20(25)17-13-10-11-14-18(17)21(23)26/h10-11,13-14H,3-9,12,15-16H2,1-2H3. The molecule has 1 aliphatic rings. The Kier molecular flexibility index (Phi) is 7.82. The molecule has 1 aromatic carbocycles. The molecule has 0 unspecified atom stereocenters. The Balaban J connectivity index is 1.57. The molecule has 0 fully saturated rings. The van der Waals surface area contributed by atoms with Gasteiger partial charge in [-0.1, -0.05) is 37.8 Å². The topological polar surface area (TPSA) is 57.7 Å². The van der Waals surface area contributed by atoms with E-state index in [4.69, 9.17) is 0 Å². The van der Waals surface area contributed by atoms with Crippen LogP contribution in [0.2, 0.25) is 0 Å². The van der Waals surface area contributed by atoms with Gasteiger partial charge in [0.1, 0.15) is 0 Å². The van der Waals surface area contributed by atoms with Crippen LogP contribution in [0.3, 0.4) is 0 Å². The first-order valence-corrected chi connectivity index (χ1v) is 9.83. The Bertz CT molecular complexity index is 603. The first-order valence-electron chi connectivity index (χ1n) is 9.83. The maximum absolute atomic E-state index is 12.2. The predicted molar refractivity (Wildman–Crippen MR) is 102 cm³/mol. The van der Waals surface area contributed by atoms with Crippen LogP contribution in [0.25, 0.3) is 0 Å². The van der Waals surface area contributed by atoms with Gasteiger partial charge in [0.05, 0.1) is 11.1 Å². The molecule has 1 aliphatic heterocycles. The summed E-state index contributed by atoms with van der Waals surface area (Å²) in [6.07, 6.45) is 6.63. The summed E-state index contributed by atoms with van der Waals surface area (Å²) in [6.45, 7) is 6.08. The van der Waals surface area contributed by atoms with Gasteiger partial charge in [0, 0.05) is 26.1 Å². The third-order valence-corrected chi connectivity index (χ3v) is 5.02. The summed E-state index contributed by atoms with van der Waals surface area (Å²) in [6, 6.07) is 7.02. The normalized spacial score (nSPS) is 13.2. The van der Waals surface area contributed by atoms with E-state index >= 15 is 0 Å².